The van der Waals surface area contributed by atoms with Gasteiger partial charge in [-0.15, -0.1) is 0 Å². The number of benzene rings is 1. The van der Waals surface area contributed by atoms with Crippen molar-refractivity contribution in [2.75, 3.05) is 44.6 Å². The van der Waals surface area contributed by atoms with Crippen molar-refractivity contribution in [3.8, 4) is 0 Å². The Kier molecular flexibility index (Phi) is 6.17. The Labute approximate surface area is 153 Å². The number of pyridine rings is 1. The van der Waals surface area contributed by atoms with Crippen molar-refractivity contribution in [1.82, 2.24) is 14.8 Å². The second kappa shape index (κ2) is 8.76. The predicted molar refractivity (Wildman–Crippen MR) is 101 cm³/mol. The Morgan fingerprint density at radius 1 is 1.19 bits per heavy atom. The van der Waals surface area contributed by atoms with Gasteiger partial charge in [-0.3, -0.25) is 9.78 Å². The van der Waals surface area contributed by atoms with Gasteiger partial charge in [0.15, 0.2) is 0 Å². The van der Waals surface area contributed by atoms with E-state index in [0.717, 1.165) is 38.4 Å². The third-order valence-electron chi connectivity index (χ3n) is 4.77. The number of anilines is 1. The molecule has 0 spiro atoms. The minimum Gasteiger partial charge on any atom is -0.385 e. The molecule has 0 unspecified atom stereocenters. The van der Waals surface area contributed by atoms with Crippen molar-refractivity contribution in [3.05, 3.63) is 59.7 Å². The monoisotopic (exact) mass is 356 g/mol. The first-order chi connectivity index (χ1) is 12.7. The molecule has 1 aromatic heterocycles. The summed E-state index contributed by atoms with van der Waals surface area (Å²) in [5.41, 5.74) is 1.96. The van der Waals surface area contributed by atoms with Crippen molar-refractivity contribution in [2.45, 2.75) is 13.3 Å². The molecule has 0 atom stereocenters. The van der Waals surface area contributed by atoms with E-state index in [9.17, 15) is 9.18 Å². The summed E-state index contributed by atoms with van der Waals surface area (Å²) < 4.78 is 13.7. The van der Waals surface area contributed by atoms with Crippen LogP contribution in [-0.2, 0) is 6.42 Å². The summed E-state index contributed by atoms with van der Waals surface area (Å²) >= 11 is 0. The molecule has 1 amide bonds. The highest BCUT2D eigenvalue weighted by Gasteiger charge is 2.22. The second-order valence-electron chi connectivity index (χ2n) is 6.42. The average Bonchev–Trinajstić information content (AvgIpc) is 2.69. The lowest BCUT2D eigenvalue weighted by Gasteiger charge is -2.33. The Balaban J connectivity index is 1.56. The van der Waals surface area contributed by atoms with E-state index < -0.39 is 0 Å². The normalized spacial score (nSPS) is 15.1. The number of piperazine rings is 1. The molecule has 5 nitrogen and oxygen atoms in total. The van der Waals surface area contributed by atoms with Gasteiger partial charge in [0.25, 0.3) is 5.91 Å². The summed E-state index contributed by atoms with van der Waals surface area (Å²) in [6.07, 6.45) is 2.22. The largest absolute Gasteiger partial charge is 0.385 e. The molecule has 1 saturated heterocycles. The van der Waals surface area contributed by atoms with Crippen molar-refractivity contribution in [1.29, 1.82) is 0 Å². The van der Waals surface area contributed by atoms with Crippen molar-refractivity contribution in [2.24, 2.45) is 0 Å². The Hall–Kier alpha value is -2.47. The maximum Gasteiger partial charge on any atom is 0.272 e. The fourth-order valence-electron chi connectivity index (χ4n) is 3.13. The molecule has 0 saturated carbocycles. The number of aromatic nitrogens is 1. The average molecular weight is 356 g/mol. The zero-order chi connectivity index (χ0) is 18.4. The zero-order valence-corrected chi connectivity index (χ0v) is 15.1. The molecular weight excluding hydrogens is 331 g/mol. The third kappa shape index (κ3) is 4.58. The van der Waals surface area contributed by atoms with E-state index in [0.29, 0.717) is 24.2 Å². The number of carbonyl (C=O) groups excluding carboxylic acids is 1. The SMILES string of the molecule is CCN1CCN(C(=O)c2cc(NCCc3ccccc3F)ccn2)CC1. The first kappa shape index (κ1) is 18.3. The molecule has 138 valence electrons. The van der Waals surface area contributed by atoms with Crippen LogP contribution in [0.25, 0.3) is 0 Å². The molecule has 0 radical (unpaired) electrons. The van der Waals surface area contributed by atoms with Crippen molar-refractivity contribution in [3.63, 3.8) is 0 Å². The van der Waals surface area contributed by atoms with Gasteiger partial charge in [-0.2, -0.15) is 0 Å². The van der Waals surface area contributed by atoms with Gasteiger partial charge in [0.05, 0.1) is 0 Å². The molecule has 1 aliphatic heterocycles. The highest BCUT2D eigenvalue weighted by molar-refractivity contribution is 5.93. The number of amides is 1. The van der Waals surface area contributed by atoms with Crippen molar-refractivity contribution >= 4 is 11.6 Å². The maximum absolute atomic E-state index is 13.7. The van der Waals surface area contributed by atoms with Gasteiger partial charge in [-0.1, -0.05) is 25.1 Å². The lowest BCUT2D eigenvalue weighted by molar-refractivity contribution is 0.0637. The quantitative estimate of drug-likeness (QED) is 0.864. The van der Waals surface area contributed by atoms with E-state index in [-0.39, 0.29) is 11.7 Å². The van der Waals surface area contributed by atoms with Gasteiger partial charge in [-0.05, 0) is 36.7 Å². The molecule has 0 aliphatic carbocycles. The molecule has 6 heteroatoms. The molecule has 1 aromatic carbocycles. The Bertz CT molecular complexity index is 744. The lowest BCUT2D eigenvalue weighted by Crippen LogP contribution is -2.48. The number of likely N-dealkylation sites (N-methyl/N-ethyl adjacent to an activating group) is 1. The summed E-state index contributed by atoms with van der Waals surface area (Å²) in [6.45, 7) is 7.02. The molecule has 3 rings (SSSR count). The summed E-state index contributed by atoms with van der Waals surface area (Å²) in [6, 6.07) is 10.4. The van der Waals surface area contributed by atoms with Crippen LogP contribution in [0.15, 0.2) is 42.6 Å². The minimum absolute atomic E-state index is 0.0292. The third-order valence-corrected chi connectivity index (χ3v) is 4.77. The smallest absolute Gasteiger partial charge is 0.272 e. The van der Waals surface area contributed by atoms with Crippen molar-refractivity contribution < 1.29 is 9.18 Å². The number of nitrogens with one attached hydrogen (secondary N) is 1. The zero-order valence-electron chi connectivity index (χ0n) is 15.1. The highest BCUT2D eigenvalue weighted by atomic mass is 19.1. The van der Waals surface area contributed by atoms with E-state index in [1.807, 2.05) is 17.0 Å². The number of carbonyl (C=O) groups is 1. The topological polar surface area (TPSA) is 48.5 Å². The van der Waals surface area contributed by atoms with Crippen LogP contribution in [0.3, 0.4) is 0 Å². The van der Waals surface area contributed by atoms with Crippen LogP contribution in [0.5, 0.6) is 0 Å². The van der Waals surface area contributed by atoms with E-state index >= 15 is 0 Å². The Morgan fingerprint density at radius 2 is 1.96 bits per heavy atom. The van der Waals surface area contributed by atoms with Crippen LogP contribution < -0.4 is 5.32 Å². The maximum atomic E-state index is 13.7. The summed E-state index contributed by atoms with van der Waals surface area (Å²) in [5.74, 6) is -0.218. The highest BCUT2D eigenvalue weighted by Crippen LogP contribution is 2.13. The van der Waals surface area contributed by atoms with Crippen LogP contribution in [0, 0.1) is 5.82 Å². The first-order valence-corrected chi connectivity index (χ1v) is 9.12. The molecule has 0 bridgehead atoms. The van der Waals surface area contributed by atoms with Gasteiger partial charge in [0, 0.05) is 44.6 Å². The predicted octanol–water partition coefficient (Wildman–Crippen LogP) is 2.65. The molecule has 26 heavy (non-hydrogen) atoms. The molecule has 2 aromatic rings. The van der Waals surface area contributed by atoms with Crippen LogP contribution in [0.2, 0.25) is 0 Å². The second-order valence-corrected chi connectivity index (χ2v) is 6.42. The van der Waals surface area contributed by atoms with Crippen LogP contribution in [-0.4, -0.2) is 60.0 Å². The minimum atomic E-state index is -0.189. The van der Waals surface area contributed by atoms with Crippen LogP contribution in [0.1, 0.15) is 23.0 Å². The summed E-state index contributed by atoms with van der Waals surface area (Å²) in [4.78, 5) is 21.1. The fraction of sp³-hybridized carbons (Fsp3) is 0.400. The standard InChI is InChI=1S/C20H25FN4O/c1-2-24-11-13-25(14-12-24)20(26)19-15-17(8-10-23-19)22-9-7-16-5-3-4-6-18(16)21/h3-6,8,10,15H,2,7,9,11-14H2,1H3,(H,22,23). The number of rotatable bonds is 6. The molecule has 1 aliphatic rings. The molecular formula is C20H25FN4O. The van der Waals surface area contributed by atoms with Gasteiger partial charge in [0.1, 0.15) is 11.5 Å². The number of hydrogen-bond acceptors (Lipinski definition) is 4. The number of nitrogens with zero attached hydrogens (tertiary/aromatic N) is 3. The van der Waals surface area contributed by atoms with Gasteiger partial charge in [-0.25, -0.2) is 4.39 Å². The van der Waals surface area contributed by atoms with Gasteiger partial charge >= 0.3 is 0 Å². The van der Waals surface area contributed by atoms with Crippen LogP contribution >= 0.6 is 0 Å². The van der Waals surface area contributed by atoms with Crippen LogP contribution in [0.4, 0.5) is 10.1 Å². The lowest BCUT2D eigenvalue weighted by atomic mass is 10.1. The molecule has 2 heterocycles. The van der Waals surface area contributed by atoms with E-state index in [4.69, 9.17) is 0 Å². The van der Waals surface area contributed by atoms with E-state index in [2.05, 4.69) is 22.1 Å². The summed E-state index contributed by atoms with van der Waals surface area (Å²) in [5, 5.41) is 3.25. The van der Waals surface area contributed by atoms with E-state index in [1.165, 1.54) is 6.07 Å². The molecule has 1 N–H and O–H groups in total. The number of hydrogen-bond donors (Lipinski definition) is 1. The van der Waals surface area contributed by atoms with Gasteiger partial charge in [0.2, 0.25) is 0 Å². The van der Waals surface area contributed by atoms with Gasteiger partial charge < -0.3 is 15.1 Å². The molecule has 1 fully saturated rings. The summed E-state index contributed by atoms with van der Waals surface area (Å²) in [7, 11) is 0. The fourth-order valence-corrected chi connectivity index (χ4v) is 3.13. The Morgan fingerprint density at radius 3 is 2.69 bits per heavy atom. The van der Waals surface area contributed by atoms with E-state index in [1.54, 1.807) is 24.4 Å². The first-order valence-electron chi connectivity index (χ1n) is 9.12. The number of halogens is 1.